The fraction of sp³-hybridized carbons (Fsp3) is 0.400. The van der Waals surface area contributed by atoms with Gasteiger partial charge in [-0.3, -0.25) is 9.59 Å². The fourth-order valence-corrected chi connectivity index (χ4v) is 4.53. The number of nitrogens with zero attached hydrogens (tertiary/aromatic N) is 2. The van der Waals surface area contributed by atoms with Gasteiger partial charge in [-0.25, -0.2) is 12.7 Å². The van der Waals surface area contributed by atoms with Crippen molar-refractivity contribution in [3.05, 3.63) is 58.4 Å². The van der Waals surface area contributed by atoms with Gasteiger partial charge in [0.25, 0.3) is 11.5 Å². The number of carbonyl (C=O) groups is 1. The maximum atomic E-state index is 12.8. The molecule has 0 bridgehead atoms. The van der Waals surface area contributed by atoms with Gasteiger partial charge in [-0.2, -0.15) is 0 Å². The highest BCUT2D eigenvalue weighted by Gasteiger charge is 2.31. The molecule has 150 valence electrons. The summed E-state index contributed by atoms with van der Waals surface area (Å²) in [6, 6.07) is 12.6. The lowest BCUT2D eigenvalue weighted by atomic mass is 10.0. The van der Waals surface area contributed by atoms with Crippen LogP contribution in [-0.2, 0) is 10.0 Å². The van der Waals surface area contributed by atoms with Crippen molar-refractivity contribution in [2.45, 2.75) is 25.8 Å². The number of aromatic amines is 1. The van der Waals surface area contributed by atoms with Crippen molar-refractivity contribution in [1.82, 2.24) is 14.2 Å². The van der Waals surface area contributed by atoms with Crippen LogP contribution in [0, 0.1) is 0 Å². The van der Waals surface area contributed by atoms with Crippen molar-refractivity contribution in [2.75, 3.05) is 25.9 Å². The largest absolute Gasteiger partial charge is 0.338 e. The first-order valence-corrected chi connectivity index (χ1v) is 11.0. The predicted octanol–water partition coefficient (Wildman–Crippen LogP) is 1.93. The van der Waals surface area contributed by atoms with Crippen LogP contribution in [0.5, 0.6) is 0 Å². The number of likely N-dealkylation sites (tertiary alicyclic amines) is 1. The van der Waals surface area contributed by atoms with E-state index in [4.69, 9.17) is 0 Å². The molecule has 2 aromatic rings. The van der Waals surface area contributed by atoms with Gasteiger partial charge in [0.15, 0.2) is 0 Å². The predicted molar refractivity (Wildman–Crippen MR) is 109 cm³/mol. The molecule has 1 fully saturated rings. The summed E-state index contributed by atoms with van der Waals surface area (Å²) >= 11 is 0. The van der Waals surface area contributed by atoms with Crippen LogP contribution in [0.1, 0.15) is 30.1 Å². The average molecular weight is 404 g/mol. The quantitative estimate of drug-likeness (QED) is 0.826. The standard InChI is InChI=1S/C20H25N3O4S/c1-3-28(26,27)22(2)16-11-13-23(14-12-16)20(25)17-9-10-18(21-19(17)24)15-7-5-4-6-8-15/h4-10,16H,3,11-14H2,1-2H3,(H,21,24). The Morgan fingerprint density at radius 1 is 1.14 bits per heavy atom. The number of H-pyrrole nitrogens is 1. The first-order valence-electron chi connectivity index (χ1n) is 9.37. The monoisotopic (exact) mass is 403 g/mol. The minimum Gasteiger partial charge on any atom is -0.338 e. The van der Waals surface area contributed by atoms with Gasteiger partial charge in [0, 0.05) is 31.9 Å². The number of amides is 1. The third kappa shape index (κ3) is 4.18. The van der Waals surface area contributed by atoms with Crippen molar-refractivity contribution in [3.63, 3.8) is 0 Å². The Morgan fingerprint density at radius 2 is 1.79 bits per heavy atom. The molecule has 0 aliphatic carbocycles. The Hall–Kier alpha value is -2.45. The summed E-state index contributed by atoms with van der Waals surface area (Å²) in [5.74, 6) is -0.258. The average Bonchev–Trinajstić information content (AvgIpc) is 2.73. The summed E-state index contributed by atoms with van der Waals surface area (Å²) in [5.41, 5.74) is 1.22. The zero-order valence-electron chi connectivity index (χ0n) is 16.1. The summed E-state index contributed by atoms with van der Waals surface area (Å²) in [6.45, 7) is 2.47. The minimum absolute atomic E-state index is 0.0613. The highest BCUT2D eigenvalue weighted by Crippen LogP contribution is 2.20. The molecule has 1 saturated heterocycles. The van der Waals surface area contributed by atoms with Crippen LogP contribution in [0.4, 0.5) is 0 Å². The van der Waals surface area contributed by atoms with Crippen molar-refractivity contribution in [2.24, 2.45) is 0 Å². The Kier molecular flexibility index (Phi) is 6.00. The number of rotatable bonds is 5. The molecular formula is C20H25N3O4S. The van der Waals surface area contributed by atoms with Gasteiger partial charge in [-0.05, 0) is 37.5 Å². The molecular weight excluding hydrogens is 378 g/mol. The minimum atomic E-state index is -3.25. The van der Waals surface area contributed by atoms with Crippen LogP contribution < -0.4 is 5.56 Å². The maximum Gasteiger partial charge on any atom is 0.261 e. The molecule has 8 heteroatoms. The number of piperidine rings is 1. The van der Waals surface area contributed by atoms with Gasteiger partial charge < -0.3 is 9.88 Å². The molecule has 0 atom stereocenters. The molecule has 1 N–H and O–H groups in total. The molecule has 0 unspecified atom stereocenters. The summed E-state index contributed by atoms with van der Waals surface area (Å²) < 4.78 is 25.5. The molecule has 1 aliphatic heterocycles. The van der Waals surface area contributed by atoms with E-state index in [1.807, 2.05) is 30.3 Å². The van der Waals surface area contributed by atoms with Gasteiger partial charge in [0.05, 0.1) is 5.75 Å². The van der Waals surface area contributed by atoms with Gasteiger partial charge in [-0.15, -0.1) is 0 Å². The van der Waals surface area contributed by atoms with E-state index in [1.54, 1.807) is 31.0 Å². The lowest BCUT2D eigenvalue weighted by molar-refractivity contribution is 0.0684. The Balaban J connectivity index is 1.70. The van der Waals surface area contributed by atoms with Gasteiger partial charge in [0.2, 0.25) is 10.0 Å². The first kappa shape index (κ1) is 20.3. The number of pyridine rings is 1. The number of benzene rings is 1. The van der Waals surface area contributed by atoms with Crippen molar-refractivity contribution < 1.29 is 13.2 Å². The Bertz CT molecular complexity index is 994. The van der Waals surface area contributed by atoms with E-state index in [-0.39, 0.29) is 23.3 Å². The summed E-state index contributed by atoms with van der Waals surface area (Å²) in [6.07, 6.45) is 1.11. The summed E-state index contributed by atoms with van der Waals surface area (Å²) in [5, 5.41) is 0. The van der Waals surface area contributed by atoms with Gasteiger partial charge >= 0.3 is 0 Å². The molecule has 0 saturated carbocycles. The lowest BCUT2D eigenvalue weighted by Crippen LogP contribution is -2.48. The molecule has 3 rings (SSSR count). The van der Waals surface area contributed by atoms with E-state index < -0.39 is 15.6 Å². The van der Waals surface area contributed by atoms with E-state index in [9.17, 15) is 18.0 Å². The molecule has 0 radical (unpaired) electrons. The first-order chi connectivity index (χ1) is 13.3. The third-order valence-electron chi connectivity index (χ3n) is 5.29. The van der Waals surface area contributed by atoms with Crippen LogP contribution in [0.3, 0.4) is 0 Å². The number of aromatic nitrogens is 1. The zero-order valence-corrected chi connectivity index (χ0v) is 16.9. The van der Waals surface area contributed by atoms with E-state index in [0.717, 1.165) is 5.56 Å². The second kappa shape index (κ2) is 8.28. The number of hydrogen-bond donors (Lipinski definition) is 1. The van der Waals surface area contributed by atoms with Crippen LogP contribution in [-0.4, -0.2) is 60.4 Å². The summed E-state index contributed by atoms with van der Waals surface area (Å²) in [7, 11) is -1.66. The fourth-order valence-electron chi connectivity index (χ4n) is 3.46. The number of nitrogens with one attached hydrogen (secondary N) is 1. The van der Waals surface area contributed by atoms with Gasteiger partial charge in [-0.1, -0.05) is 30.3 Å². The molecule has 1 amide bonds. The molecule has 2 heterocycles. The van der Waals surface area contributed by atoms with Crippen LogP contribution in [0.2, 0.25) is 0 Å². The van der Waals surface area contributed by atoms with Crippen LogP contribution in [0.15, 0.2) is 47.3 Å². The molecule has 28 heavy (non-hydrogen) atoms. The highest BCUT2D eigenvalue weighted by molar-refractivity contribution is 7.89. The van der Waals surface area contributed by atoms with E-state index in [1.165, 1.54) is 4.31 Å². The molecule has 1 aromatic carbocycles. The Morgan fingerprint density at radius 3 is 2.36 bits per heavy atom. The van der Waals surface area contributed by atoms with E-state index >= 15 is 0 Å². The number of carbonyl (C=O) groups excluding carboxylic acids is 1. The second-order valence-electron chi connectivity index (χ2n) is 6.92. The topological polar surface area (TPSA) is 90.6 Å². The van der Waals surface area contributed by atoms with Crippen LogP contribution in [0.25, 0.3) is 11.3 Å². The number of hydrogen-bond acceptors (Lipinski definition) is 4. The SMILES string of the molecule is CCS(=O)(=O)N(C)C1CCN(C(=O)c2ccc(-c3ccccc3)[nH]c2=O)CC1. The zero-order chi connectivity index (χ0) is 20.3. The van der Waals surface area contributed by atoms with Crippen molar-refractivity contribution in [1.29, 1.82) is 0 Å². The smallest absolute Gasteiger partial charge is 0.261 e. The normalized spacial score (nSPS) is 15.8. The number of sulfonamides is 1. The van der Waals surface area contributed by atoms with E-state index in [2.05, 4.69) is 4.98 Å². The van der Waals surface area contributed by atoms with Crippen LogP contribution >= 0.6 is 0 Å². The second-order valence-corrected chi connectivity index (χ2v) is 9.24. The molecule has 1 aromatic heterocycles. The van der Waals surface area contributed by atoms with E-state index in [0.29, 0.717) is 31.6 Å². The van der Waals surface area contributed by atoms with Crippen molar-refractivity contribution in [3.8, 4) is 11.3 Å². The lowest BCUT2D eigenvalue weighted by Gasteiger charge is -2.36. The Labute approximate surface area is 165 Å². The maximum absolute atomic E-state index is 12.8. The summed E-state index contributed by atoms with van der Waals surface area (Å²) in [4.78, 5) is 29.6. The van der Waals surface area contributed by atoms with Gasteiger partial charge in [0.1, 0.15) is 5.56 Å². The molecule has 7 nitrogen and oxygen atoms in total. The molecule has 1 aliphatic rings. The molecule has 0 spiro atoms. The highest BCUT2D eigenvalue weighted by atomic mass is 32.2. The van der Waals surface area contributed by atoms with Crippen molar-refractivity contribution >= 4 is 15.9 Å². The third-order valence-corrected chi connectivity index (χ3v) is 7.20.